The van der Waals surface area contributed by atoms with E-state index >= 15 is 0 Å². The summed E-state index contributed by atoms with van der Waals surface area (Å²) in [5.74, 6) is 1.01. The Balaban J connectivity index is 1.92. The zero-order valence-corrected chi connectivity index (χ0v) is 12.9. The van der Waals surface area contributed by atoms with Crippen molar-refractivity contribution < 1.29 is 9.72 Å². The highest BCUT2D eigenvalue weighted by Crippen LogP contribution is 2.29. The third-order valence-electron chi connectivity index (χ3n) is 3.67. The van der Waals surface area contributed by atoms with Gasteiger partial charge in [0.1, 0.15) is 0 Å². The lowest BCUT2D eigenvalue weighted by Crippen LogP contribution is -2.39. The van der Waals surface area contributed by atoms with E-state index in [1.54, 1.807) is 12.1 Å². The Morgan fingerprint density at radius 2 is 2.29 bits per heavy atom. The molecule has 114 valence electrons. The number of nitrogens with zero attached hydrogens (tertiary/aromatic N) is 1. The number of carbonyl (C=O) groups is 1. The van der Waals surface area contributed by atoms with Gasteiger partial charge in [0.2, 0.25) is 5.91 Å². The fourth-order valence-electron chi connectivity index (χ4n) is 2.73. The number of rotatable bonds is 6. The van der Waals surface area contributed by atoms with Gasteiger partial charge in [-0.25, -0.2) is 0 Å². The molecule has 2 atom stereocenters. The highest BCUT2D eigenvalue weighted by atomic mass is 32.2. The van der Waals surface area contributed by atoms with E-state index in [2.05, 4.69) is 12.2 Å². The molecule has 2 rings (SSSR count). The number of thioether (sulfide) groups is 1. The molecule has 0 saturated heterocycles. The normalized spacial score (nSPS) is 21.2. The zero-order chi connectivity index (χ0) is 15.2. The van der Waals surface area contributed by atoms with Gasteiger partial charge in [0, 0.05) is 23.4 Å². The van der Waals surface area contributed by atoms with Crippen molar-refractivity contribution in [1.29, 1.82) is 0 Å². The zero-order valence-electron chi connectivity index (χ0n) is 12.1. The van der Waals surface area contributed by atoms with Crippen LogP contribution in [-0.2, 0) is 11.2 Å². The molecule has 21 heavy (non-hydrogen) atoms. The van der Waals surface area contributed by atoms with Crippen molar-refractivity contribution in [3.05, 3.63) is 39.9 Å². The van der Waals surface area contributed by atoms with Crippen LogP contribution in [-0.4, -0.2) is 27.9 Å². The number of nitrogens with one attached hydrogen (secondary N) is 1. The minimum Gasteiger partial charge on any atom is -0.352 e. The first-order valence-corrected chi connectivity index (χ1v) is 8.29. The summed E-state index contributed by atoms with van der Waals surface area (Å²) in [5.41, 5.74) is 0.708. The molecule has 0 aromatic heterocycles. The molecular weight excluding hydrogens is 288 g/mol. The van der Waals surface area contributed by atoms with E-state index in [-0.39, 0.29) is 24.1 Å². The molecule has 1 saturated carbocycles. The van der Waals surface area contributed by atoms with Gasteiger partial charge in [0.15, 0.2) is 0 Å². The lowest BCUT2D eigenvalue weighted by atomic mass is 10.1. The first-order valence-electron chi connectivity index (χ1n) is 7.24. The molecule has 0 bridgehead atoms. The van der Waals surface area contributed by atoms with Crippen molar-refractivity contribution in [2.24, 2.45) is 0 Å². The Kier molecular flexibility index (Phi) is 5.61. The Labute approximate surface area is 128 Å². The molecule has 1 amide bonds. The number of carbonyl (C=O) groups excluding carboxylic acids is 1. The van der Waals surface area contributed by atoms with Crippen molar-refractivity contribution >= 4 is 23.4 Å². The molecule has 1 aliphatic carbocycles. The summed E-state index contributed by atoms with van der Waals surface area (Å²) in [6.07, 6.45) is 3.53. The smallest absolute Gasteiger partial charge is 0.269 e. The highest BCUT2D eigenvalue weighted by Gasteiger charge is 2.28. The van der Waals surface area contributed by atoms with Crippen molar-refractivity contribution in [3.63, 3.8) is 0 Å². The molecule has 0 heterocycles. The fourth-order valence-corrected chi connectivity index (χ4v) is 3.93. The number of hydrogen-bond acceptors (Lipinski definition) is 4. The summed E-state index contributed by atoms with van der Waals surface area (Å²) >= 11 is 1.90. The van der Waals surface area contributed by atoms with Gasteiger partial charge in [0.25, 0.3) is 5.69 Å². The molecule has 1 aromatic carbocycles. The van der Waals surface area contributed by atoms with E-state index in [0.717, 1.165) is 25.0 Å². The van der Waals surface area contributed by atoms with Crippen LogP contribution in [0.1, 0.15) is 31.7 Å². The van der Waals surface area contributed by atoms with Gasteiger partial charge in [-0.05, 0) is 24.2 Å². The number of non-ortho nitro benzene ring substituents is 1. The van der Waals surface area contributed by atoms with E-state index in [9.17, 15) is 14.9 Å². The fraction of sp³-hybridized carbons (Fsp3) is 0.533. The van der Waals surface area contributed by atoms with Crippen LogP contribution in [0.25, 0.3) is 0 Å². The van der Waals surface area contributed by atoms with E-state index in [1.165, 1.54) is 12.1 Å². The first kappa shape index (κ1) is 15.8. The number of amides is 1. The number of hydrogen-bond donors (Lipinski definition) is 1. The lowest BCUT2D eigenvalue weighted by molar-refractivity contribution is -0.384. The molecule has 6 heteroatoms. The maximum atomic E-state index is 12.1. The van der Waals surface area contributed by atoms with Crippen LogP contribution in [0.5, 0.6) is 0 Å². The average Bonchev–Trinajstić information content (AvgIpc) is 2.86. The summed E-state index contributed by atoms with van der Waals surface area (Å²) in [6.45, 7) is 2.13. The maximum absolute atomic E-state index is 12.1. The van der Waals surface area contributed by atoms with Gasteiger partial charge in [0.05, 0.1) is 11.3 Å². The van der Waals surface area contributed by atoms with Gasteiger partial charge in [-0.3, -0.25) is 14.9 Å². The van der Waals surface area contributed by atoms with E-state index in [4.69, 9.17) is 0 Å². The van der Waals surface area contributed by atoms with Gasteiger partial charge in [-0.2, -0.15) is 11.8 Å². The maximum Gasteiger partial charge on any atom is 0.269 e. The topological polar surface area (TPSA) is 72.2 Å². The van der Waals surface area contributed by atoms with Crippen LogP contribution in [0.3, 0.4) is 0 Å². The van der Waals surface area contributed by atoms with Gasteiger partial charge in [-0.1, -0.05) is 25.5 Å². The summed E-state index contributed by atoms with van der Waals surface area (Å²) in [5, 5.41) is 14.3. The predicted octanol–water partition coefficient (Wildman–Crippen LogP) is 2.93. The Morgan fingerprint density at radius 1 is 1.48 bits per heavy atom. The molecule has 1 aromatic rings. The monoisotopic (exact) mass is 308 g/mol. The Bertz CT molecular complexity index is 521. The first-order chi connectivity index (χ1) is 10.1. The largest absolute Gasteiger partial charge is 0.352 e. The molecular formula is C15H20N2O3S. The van der Waals surface area contributed by atoms with Crippen LogP contribution in [0.15, 0.2) is 24.3 Å². The molecule has 5 nitrogen and oxygen atoms in total. The number of nitro benzene ring substituents is 1. The molecule has 1 aliphatic rings. The molecule has 0 aliphatic heterocycles. The van der Waals surface area contributed by atoms with Crippen LogP contribution >= 0.6 is 11.8 Å². The van der Waals surface area contributed by atoms with Crippen LogP contribution in [0.2, 0.25) is 0 Å². The van der Waals surface area contributed by atoms with Crippen molar-refractivity contribution in [3.8, 4) is 0 Å². The van der Waals surface area contributed by atoms with Crippen molar-refractivity contribution in [1.82, 2.24) is 5.32 Å². The Hall–Kier alpha value is -1.56. The van der Waals surface area contributed by atoms with Gasteiger partial charge < -0.3 is 5.32 Å². The van der Waals surface area contributed by atoms with Crippen LogP contribution in [0.4, 0.5) is 5.69 Å². The van der Waals surface area contributed by atoms with Crippen LogP contribution in [0, 0.1) is 10.1 Å². The summed E-state index contributed by atoms with van der Waals surface area (Å²) < 4.78 is 0. The van der Waals surface area contributed by atoms with Crippen LogP contribution < -0.4 is 5.32 Å². The minimum atomic E-state index is -0.438. The molecule has 0 radical (unpaired) electrons. The quantitative estimate of drug-likeness (QED) is 0.648. The SMILES string of the molecule is CCS[C@H]1CCC[C@@H]1NC(=O)Cc1cccc([N+](=O)[O-])c1. The highest BCUT2D eigenvalue weighted by molar-refractivity contribution is 7.99. The van der Waals surface area contributed by atoms with E-state index in [1.807, 2.05) is 11.8 Å². The molecule has 1 N–H and O–H groups in total. The second kappa shape index (κ2) is 7.45. The second-order valence-electron chi connectivity index (χ2n) is 5.20. The standard InChI is InChI=1S/C15H20N2O3S/c1-2-21-14-8-4-7-13(14)16-15(18)10-11-5-3-6-12(9-11)17(19)20/h3,5-6,9,13-14H,2,4,7-8,10H2,1H3,(H,16,18)/t13-,14-/m0/s1. The van der Waals surface area contributed by atoms with Gasteiger partial charge in [-0.15, -0.1) is 0 Å². The molecule has 1 fully saturated rings. The van der Waals surface area contributed by atoms with Gasteiger partial charge >= 0.3 is 0 Å². The predicted molar refractivity (Wildman–Crippen MR) is 84.5 cm³/mol. The van der Waals surface area contributed by atoms with E-state index < -0.39 is 4.92 Å². The summed E-state index contributed by atoms with van der Waals surface area (Å²) in [7, 11) is 0. The van der Waals surface area contributed by atoms with Crippen molar-refractivity contribution in [2.45, 2.75) is 43.9 Å². The summed E-state index contributed by atoms with van der Waals surface area (Å²) in [6, 6.07) is 6.51. The lowest BCUT2D eigenvalue weighted by Gasteiger charge is -2.20. The van der Waals surface area contributed by atoms with Crippen molar-refractivity contribution in [2.75, 3.05) is 5.75 Å². The molecule has 0 spiro atoms. The Morgan fingerprint density at radius 3 is 3.00 bits per heavy atom. The summed E-state index contributed by atoms with van der Waals surface area (Å²) in [4.78, 5) is 22.4. The third-order valence-corrected chi connectivity index (χ3v) is 4.99. The number of benzene rings is 1. The molecule has 0 unspecified atom stereocenters. The second-order valence-corrected chi connectivity index (χ2v) is 6.72. The number of nitro groups is 1. The average molecular weight is 308 g/mol. The third kappa shape index (κ3) is 4.46. The minimum absolute atomic E-state index is 0.0283. The van der Waals surface area contributed by atoms with E-state index in [0.29, 0.717) is 10.8 Å².